The van der Waals surface area contributed by atoms with Crippen molar-refractivity contribution in [3.8, 4) is 28.8 Å². The molecule has 0 radical (unpaired) electrons. The Kier molecular flexibility index (Phi) is 10.2. The zero-order valence-corrected chi connectivity index (χ0v) is 29.3. The lowest BCUT2D eigenvalue weighted by Crippen LogP contribution is -2.51. The Labute approximate surface area is 296 Å². The van der Waals surface area contributed by atoms with E-state index in [4.69, 9.17) is 19.3 Å². The molecule has 5 heterocycles. The van der Waals surface area contributed by atoms with E-state index in [1.165, 1.54) is 6.33 Å². The molecule has 2 fully saturated rings. The number of morpholine rings is 1. The Morgan fingerprint density at radius 3 is 2.49 bits per heavy atom. The quantitative estimate of drug-likeness (QED) is 0.196. The average molecular weight is 694 g/mol. The van der Waals surface area contributed by atoms with Crippen molar-refractivity contribution in [1.82, 2.24) is 54.6 Å². The minimum Gasteiger partial charge on any atom is -0.487 e. The number of anilines is 2. The van der Waals surface area contributed by atoms with E-state index in [-0.39, 0.29) is 24.4 Å². The van der Waals surface area contributed by atoms with Gasteiger partial charge in [-0.15, -0.1) is 10.2 Å². The Bertz CT molecular complexity index is 1920. The largest absolute Gasteiger partial charge is 0.487 e. The first-order valence-corrected chi connectivity index (χ1v) is 17.4. The molecule has 1 aromatic carbocycles. The van der Waals surface area contributed by atoms with Crippen LogP contribution >= 0.6 is 0 Å². The molecular weight excluding hydrogens is 650 g/mol. The first-order chi connectivity index (χ1) is 24.8. The highest BCUT2D eigenvalue weighted by atomic mass is 16.5. The van der Waals surface area contributed by atoms with E-state index in [9.17, 15) is 5.26 Å². The molecule has 1 aliphatic carbocycles. The van der Waals surface area contributed by atoms with Crippen LogP contribution in [0.15, 0.2) is 55.4 Å². The lowest BCUT2D eigenvalue weighted by molar-refractivity contribution is -0.0852. The summed E-state index contributed by atoms with van der Waals surface area (Å²) in [5.74, 6) is 1.35. The molecule has 4 aromatic heterocycles. The van der Waals surface area contributed by atoms with Gasteiger partial charge in [-0.05, 0) is 80.6 Å². The van der Waals surface area contributed by atoms with Gasteiger partial charge in [0.1, 0.15) is 36.5 Å². The molecule has 266 valence electrons. The van der Waals surface area contributed by atoms with Gasteiger partial charge in [0.2, 0.25) is 5.95 Å². The van der Waals surface area contributed by atoms with Crippen LogP contribution in [0.3, 0.4) is 0 Å². The van der Waals surface area contributed by atoms with Gasteiger partial charge in [0.05, 0.1) is 42.2 Å². The molecule has 1 saturated heterocycles. The summed E-state index contributed by atoms with van der Waals surface area (Å²) in [4.78, 5) is 11.8. The van der Waals surface area contributed by atoms with Crippen molar-refractivity contribution in [2.45, 2.75) is 90.0 Å². The molecule has 0 spiro atoms. The fourth-order valence-electron chi connectivity index (χ4n) is 6.98. The second-order valence-electron chi connectivity index (χ2n) is 13.4. The predicted octanol–water partition coefficient (Wildman–Crippen LogP) is 4.31. The first-order valence-electron chi connectivity index (χ1n) is 17.4. The Morgan fingerprint density at radius 2 is 1.80 bits per heavy atom. The fraction of sp³-hybridized carbons (Fsp3) is 0.486. The van der Waals surface area contributed by atoms with Crippen molar-refractivity contribution in [3.05, 3.63) is 66.6 Å². The van der Waals surface area contributed by atoms with Gasteiger partial charge in [0.25, 0.3) is 5.88 Å². The van der Waals surface area contributed by atoms with E-state index < -0.39 is 0 Å². The zero-order valence-electron chi connectivity index (χ0n) is 29.3. The van der Waals surface area contributed by atoms with Crippen molar-refractivity contribution < 1.29 is 14.2 Å². The number of nitrogens with zero attached hydrogens (tertiary/aromatic N) is 12. The van der Waals surface area contributed by atoms with Gasteiger partial charge in [0.15, 0.2) is 0 Å². The molecule has 3 atom stereocenters. The van der Waals surface area contributed by atoms with Crippen LogP contribution in [-0.2, 0) is 24.9 Å². The van der Waals surface area contributed by atoms with E-state index in [1.54, 1.807) is 34.0 Å². The first kappa shape index (κ1) is 34.1. The lowest BCUT2D eigenvalue weighted by atomic mass is 9.89. The van der Waals surface area contributed by atoms with E-state index >= 15 is 0 Å². The van der Waals surface area contributed by atoms with Crippen LogP contribution in [0.2, 0.25) is 0 Å². The Balaban J connectivity index is 1.05. The molecular formula is C35H43N13O3. The summed E-state index contributed by atoms with van der Waals surface area (Å²) in [6.07, 6.45) is 13.3. The molecule has 16 nitrogen and oxygen atoms in total. The van der Waals surface area contributed by atoms with Gasteiger partial charge < -0.3 is 19.5 Å². The number of aryl methyl sites for hydroxylation is 1. The van der Waals surface area contributed by atoms with Crippen LogP contribution in [0.5, 0.6) is 11.6 Å². The maximum Gasteiger partial charge on any atom is 0.257 e. The van der Waals surface area contributed by atoms with E-state index in [2.05, 4.69) is 60.7 Å². The third kappa shape index (κ3) is 8.16. The van der Waals surface area contributed by atoms with Crippen molar-refractivity contribution in [1.29, 1.82) is 5.26 Å². The summed E-state index contributed by atoms with van der Waals surface area (Å²) in [7, 11) is 1.89. The number of rotatable bonds is 12. The van der Waals surface area contributed by atoms with E-state index in [1.807, 2.05) is 43.0 Å². The average Bonchev–Trinajstić information content (AvgIpc) is 3.89. The number of ether oxygens (including phenoxy) is 3. The molecule has 1 saturated carbocycles. The topological polar surface area (TPSA) is 172 Å². The third-order valence-electron chi connectivity index (χ3n) is 9.48. The number of aromatic nitrogens is 10. The summed E-state index contributed by atoms with van der Waals surface area (Å²) in [6, 6.07) is 10.4. The van der Waals surface area contributed by atoms with Gasteiger partial charge in [-0.25, -0.2) is 14.6 Å². The van der Waals surface area contributed by atoms with Gasteiger partial charge in [-0.1, -0.05) is 6.07 Å². The number of benzene rings is 1. The van der Waals surface area contributed by atoms with Crippen LogP contribution < -0.4 is 14.8 Å². The van der Waals surface area contributed by atoms with Crippen LogP contribution in [0.25, 0.3) is 11.1 Å². The zero-order chi connectivity index (χ0) is 35.3. The van der Waals surface area contributed by atoms with E-state index in [0.29, 0.717) is 48.0 Å². The molecule has 16 heteroatoms. The second kappa shape index (κ2) is 15.2. The number of nitriles is 1. The number of hydrogen-bond donors (Lipinski definition) is 1. The molecule has 0 unspecified atom stereocenters. The predicted molar refractivity (Wildman–Crippen MR) is 186 cm³/mol. The van der Waals surface area contributed by atoms with Crippen molar-refractivity contribution >= 4 is 11.6 Å². The number of tetrazole rings is 1. The minimum atomic E-state index is -0.277. The highest BCUT2D eigenvalue weighted by molar-refractivity contribution is 5.67. The molecule has 0 amide bonds. The number of hydrogen-bond acceptors (Lipinski definition) is 13. The molecule has 51 heavy (non-hydrogen) atoms. The van der Waals surface area contributed by atoms with Crippen molar-refractivity contribution in [2.75, 3.05) is 18.4 Å². The molecule has 1 N–H and O–H groups in total. The SMILES string of the molecule is C[C@@H]1CN([C@H]2CC[C@H](n3cc(Nc4ncc(-c5ccc(C#N)c(O[C@@H](C)Cn6cnnn6)c5)cn4)c(OCc4ccnn4C)n3)CC2)C[C@H](C)O1. The highest BCUT2D eigenvalue weighted by Crippen LogP contribution is 2.36. The lowest BCUT2D eigenvalue weighted by Gasteiger charge is -2.42. The van der Waals surface area contributed by atoms with Gasteiger partial charge in [0, 0.05) is 50.3 Å². The molecule has 0 bridgehead atoms. The van der Waals surface area contributed by atoms with Gasteiger partial charge in [-0.2, -0.15) is 10.4 Å². The monoisotopic (exact) mass is 693 g/mol. The molecule has 1 aliphatic heterocycles. The highest BCUT2D eigenvalue weighted by Gasteiger charge is 2.32. The molecule has 7 rings (SSSR count). The van der Waals surface area contributed by atoms with Crippen LogP contribution in [0.4, 0.5) is 11.6 Å². The normalized spacial score (nSPS) is 21.5. The van der Waals surface area contributed by atoms with Crippen molar-refractivity contribution in [2.24, 2.45) is 7.05 Å². The fourth-order valence-corrected chi connectivity index (χ4v) is 6.98. The van der Waals surface area contributed by atoms with Crippen molar-refractivity contribution in [3.63, 3.8) is 0 Å². The Hall–Kier alpha value is -5.40. The summed E-state index contributed by atoms with van der Waals surface area (Å²) < 4.78 is 23.7. The standard InChI is InChI=1S/C35H43N13O3/c1-23-17-46(18-24(2)50-23)29-7-9-30(10-8-29)48-20-32(34(42-48)49-21-31-11-12-40-45(31)4)41-35-37-15-28(16-38-35)26-5-6-27(14-36)33(13-26)51-25(3)19-47-22-39-43-44-47/h5-6,11-13,15-16,20,22-25,29-30H,7-10,17-19,21H2,1-4H3,(H,37,38,41)/t23-,24+,25-,29-,30-/m0/s1. The van der Waals surface area contributed by atoms with Crippen LogP contribution in [0, 0.1) is 11.3 Å². The van der Waals surface area contributed by atoms with Gasteiger partial charge >= 0.3 is 0 Å². The third-order valence-corrected chi connectivity index (χ3v) is 9.48. The van der Waals surface area contributed by atoms with Crippen LogP contribution in [0.1, 0.15) is 63.8 Å². The van der Waals surface area contributed by atoms with Crippen LogP contribution in [-0.4, -0.2) is 92.1 Å². The Morgan fingerprint density at radius 1 is 1.04 bits per heavy atom. The summed E-state index contributed by atoms with van der Waals surface area (Å²) >= 11 is 0. The smallest absolute Gasteiger partial charge is 0.257 e. The van der Waals surface area contributed by atoms with E-state index in [0.717, 1.165) is 55.6 Å². The van der Waals surface area contributed by atoms with Gasteiger partial charge in [-0.3, -0.25) is 14.3 Å². The minimum absolute atomic E-state index is 0.262. The number of nitrogens with one attached hydrogen (secondary N) is 1. The summed E-state index contributed by atoms with van der Waals surface area (Å²) in [5, 5.41) is 33.4. The second-order valence-corrected chi connectivity index (χ2v) is 13.4. The maximum atomic E-state index is 9.69. The molecule has 2 aliphatic rings. The molecule has 5 aromatic rings. The maximum absolute atomic E-state index is 9.69. The summed E-state index contributed by atoms with van der Waals surface area (Å²) in [5.41, 5.74) is 3.63. The summed E-state index contributed by atoms with van der Waals surface area (Å²) in [6.45, 7) is 8.96.